The van der Waals surface area contributed by atoms with Gasteiger partial charge in [-0.05, 0) is 51.0 Å². The van der Waals surface area contributed by atoms with Crippen molar-refractivity contribution in [1.82, 2.24) is 25.3 Å². The molecule has 0 bridgehead atoms. The molecule has 2 aliphatic heterocycles. The molecule has 164 valence electrons. The molecular weight excluding hydrogens is 382 g/mol. The van der Waals surface area contributed by atoms with Gasteiger partial charge in [0.1, 0.15) is 5.69 Å². The minimum absolute atomic E-state index is 0.0331. The molecule has 0 unspecified atom stereocenters. The Hall–Kier alpha value is -2.38. The number of likely N-dealkylation sites (tertiary alicyclic amines) is 2. The van der Waals surface area contributed by atoms with Crippen LogP contribution in [0.1, 0.15) is 86.9 Å². The van der Waals surface area contributed by atoms with Gasteiger partial charge in [-0.25, -0.2) is 0 Å². The van der Waals surface area contributed by atoms with Crippen LogP contribution >= 0.6 is 0 Å². The maximum absolute atomic E-state index is 13.3. The zero-order valence-corrected chi connectivity index (χ0v) is 17.9. The highest BCUT2D eigenvalue weighted by Gasteiger charge is 2.35. The summed E-state index contributed by atoms with van der Waals surface area (Å²) in [5.41, 5.74) is 1.26. The second kappa shape index (κ2) is 9.18. The molecule has 1 saturated carbocycles. The van der Waals surface area contributed by atoms with Crippen LogP contribution in [0.15, 0.2) is 6.07 Å². The summed E-state index contributed by atoms with van der Waals surface area (Å²) in [5, 5.41) is 10.4. The van der Waals surface area contributed by atoms with E-state index in [9.17, 15) is 14.4 Å². The zero-order chi connectivity index (χ0) is 21.1. The molecule has 4 rings (SSSR count). The topological polar surface area (TPSA) is 98.4 Å². The summed E-state index contributed by atoms with van der Waals surface area (Å²) in [6.45, 7) is 3.63. The fourth-order valence-corrected chi connectivity index (χ4v) is 5.15. The van der Waals surface area contributed by atoms with Crippen LogP contribution in [0.4, 0.5) is 0 Å². The van der Waals surface area contributed by atoms with Crippen LogP contribution < -0.4 is 5.32 Å². The van der Waals surface area contributed by atoms with E-state index in [-0.39, 0.29) is 35.7 Å². The summed E-state index contributed by atoms with van der Waals surface area (Å²) in [4.78, 5) is 41.2. The maximum Gasteiger partial charge on any atom is 0.271 e. The number of rotatable bonds is 4. The molecule has 8 heteroatoms. The fraction of sp³-hybridized carbons (Fsp3) is 0.727. The number of carbonyl (C=O) groups excluding carboxylic acids is 3. The van der Waals surface area contributed by atoms with Gasteiger partial charge in [-0.1, -0.05) is 12.8 Å². The normalized spacial score (nSPS) is 23.6. The molecule has 0 aromatic carbocycles. The number of hydrogen-bond acceptors (Lipinski definition) is 4. The van der Waals surface area contributed by atoms with Gasteiger partial charge in [0.05, 0.1) is 11.7 Å². The highest BCUT2D eigenvalue weighted by Crippen LogP contribution is 2.33. The third-order valence-electron chi connectivity index (χ3n) is 6.96. The van der Waals surface area contributed by atoms with Crippen LogP contribution in [-0.4, -0.2) is 63.4 Å². The van der Waals surface area contributed by atoms with Crippen molar-refractivity contribution in [1.29, 1.82) is 0 Å². The summed E-state index contributed by atoms with van der Waals surface area (Å²) in [5.74, 6) is 0.0935. The van der Waals surface area contributed by atoms with E-state index < -0.39 is 0 Å². The molecule has 3 aliphatic rings. The van der Waals surface area contributed by atoms with Crippen LogP contribution in [0.2, 0.25) is 0 Å². The molecular formula is C22H33N5O3. The lowest BCUT2D eigenvalue weighted by Gasteiger charge is -2.39. The van der Waals surface area contributed by atoms with Crippen LogP contribution in [0, 0.1) is 5.92 Å². The van der Waals surface area contributed by atoms with Gasteiger partial charge in [-0.15, -0.1) is 0 Å². The van der Waals surface area contributed by atoms with E-state index >= 15 is 0 Å². The molecule has 8 nitrogen and oxygen atoms in total. The number of hydrogen-bond donors (Lipinski definition) is 2. The van der Waals surface area contributed by atoms with Crippen LogP contribution in [0.3, 0.4) is 0 Å². The first-order chi connectivity index (χ1) is 14.5. The highest BCUT2D eigenvalue weighted by molar-refractivity contribution is 5.92. The summed E-state index contributed by atoms with van der Waals surface area (Å²) >= 11 is 0. The molecule has 30 heavy (non-hydrogen) atoms. The lowest BCUT2D eigenvalue weighted by molar-refractivity contribution is -0.143. The second-order valence-electron chi connectivity index (χ2n) is 8.99. The predicted molar refractivity (Wildman–Crippen MR) is 112 cm³/mol. The Balaban J connectivity index is 1.41. The molecule has 1 aromatic rings. The third-order valence-corrected chi connectivity index (χ3v) is 6.96. The number of aromatic amines is 1. The van der Waals surface area contributed by atoms with Crippen molar-refractivity contribution in [2.75, 3.05) is 19.6 Å². The van der Waals surface area contributed by atoms with Crippen LogP contribution in [0.5, 0.6) is 0 Å². The number of nitrogens with one attached hydrogen (secondary N) is 2. The third kappa shape index (κ3) is 4.52. The number of nitrogens with zero attached hydrogens (tertiary/aromatic N) is 3. The smallest absolute Gasteiger partial charge is 0.271 e. The van der Waals surface area contributed by atoms with E-state index in [2.05, 4.69) is 15.5 Å². The Labute approximate surface area is 177 Å². The monoisotopic (exact) mass is 415 g/mol. The van der Waals surface area contributed by atoms with Crippen molar-refractivity contribution in [3.8, 4) is 0 Å². The molecule has 1 aliphatic carbocycles. The second-order valence-corrected chi connectivity index (χ2v) is 8.99. The first kappa shape index (κ1) is 20.9. The Morgan fingerprint density at radius 3 is 2.40 bits per heavy atom. The van der Waals surface area contributed by atoms with E-state index in [4.69, 9.17) is 0 Å². The van der Waals surface area contributed by atoms with Gasteiger partial charge in [0.25, 0.3) is 5.91 Å². The van der Waals surface area contributed by atoms with E-state index in [1.807, 2.05) is 15.9 Å². The lowest BCUT2D eigenvalue weighted by Crippen LogP contribution is -2.46. The van der Waals surface area contributed by atoms with E-state index in [0.29, 0.717) is 18.8 Å². The molecule has 3 fully saturated rings. The van der Waals surface area contributed by atoms with Crippen molar-refractivity contribution in [2.45, 2.75) is 76.8 Å². The van der Waals surface area contributed by atoms with Gasteiger partial charge >= 0.3 is 0 Å². The molecule has 1 atom stereocenters. The number of amides is 3. The van der Waals surface area contributed by atoms with Crippen molar-refractivity contribution < 1.29 is 14.4 Å². The lowest BCUT2D eigenvalue weighted by atomic mass is 9.91. The summed E-state index contributed by atoms with van der Waals surface area (Å²) < 4.78 is 0. The van der Waals surface area contributed by atoms with Gasteiger partial charge in [0.2, 0.25) is 11.8 Å². The summed E-state index contributed by atoms with van der Waals surface area (Å²) in [6.07, 6.45) is 8.79. The fourth-order valence-electron chi connectivity index (χ4n) is 5.15. The van der Waals surface area contributed by atoms with Crippen molar-refractivity contribution in [2.24, 2.45) is 5.92 Å². The summed E-state index contributed by atoms with van der Waals surface area (Å²) in [7, 11) is 0. The zero-order valence-electron chi connectivity index (χ0n) is 17.9. The first-order valence-corrected chi connectivity index (χ1v) is 11.4. The number of carbonyl (C=O) groups is 3. The van der Waals surface area contributed by atoms with Gasteiger partial charge in [-0.2, -0.15) is 5.10 Å². The van der Waals surface area contributed by atoms with Gasteiger partial charge in [-0.3, -0.25) is 19.5 Å². The number of piperidine rings is 2. The SMILES string of the molecule is CC(=O)N1CCC(C(=O)N2CCCC[C@H]2c2cc(C(=O)NC3CCCC3)n[nH]2)CC1. The highest BCUT2D eigenvalue weighted by atomic mass is 16.2. The van der Waals surface area contributed by atoms with Gasteiger partial charge < -0.3 is 15.1 Å². The predicted octanol–water partition coefficient (Wildman–Crippen LogP) is 2.39. The molecule has 3 amide bonds. The average Bonchev–Trinajstić information content (AvgIpc) is 3.45. The minimum Gasteiger partial charge on any atom is -0.348 e. The van der Waals surface area contributed by atoms with E-state index in [0.717, 1.165) is 57.2 Å². The van der Waals surface area contributed by atoms with E-state index in [1.165, 1.54) is 12.8 Å². The molecule has 0 radical (unpaired) electrons. The van der Waals surface area contributed by atoms with E-state index in [1.54, 1.807) is 6.92 Å². The van der Waals surface area contributed by atoms with Crippen molar-refractivity contribution in [3.63, 3.8) is 0 Å². The number of aromatic nitrogens is 2. The molecule has 3 heterocycles. The maximum atomic E-state index is 13.3. The van der Waals surface area contributed by atoms with Gasteiger partial charge in [0.15, 0.2) is 0 Å². The largest absolute Gasteiger partial charge is 0.348 e. The Kier molecular flexibility index (Phi) is 6.39. The molecule has 0 spiro atoms. The molecule has 2 saturated heterocycles. The molecule has 1 aromatic heterocycles. The van der Waals surface area contributed by atoms with Crippen molar-refractivity contribution in [3.05, 3.63) is 17.5 Å². The number of H-pyrrole nitrogens is 1. The Morgan fingerprint density at radius 2 is 1.70 bits per heavy atom. The Bertz CT molecular complexity index is 777. The average molecular weight is 416 g/mol. The molecule has 2 N–H and O–H groups in total. The first-order valence-electron chi connectivity index (χ1n) is 11.4. The quantitative estimate of drug-likeness (QED) is 0.789. The summed E-state index contributed by atoms with van der Waals surface area (Å²) in [6, 6.07) is 2.02. The van der Waals surface area contributed by atoms with Crippen molar-refractivity contribution >= 4 is 17.7 Å². The van der Waals surface area contributed by atoms with Crippen LogP contribution in [0.25, 0.3) is 0 Å². The standard InChI is InChI=1S/C22H33N5O3/c1-15(28)26-12-9-16(10-13-26)22(30)27-11-5-4-8-20(27)18-14-19(25-24-18)21(29)23-17-6-2-3-7-17/h14,16-17,20H,2-13H2,1H3,(H,23,29)(H,24,25)/t20-/m0/s1. The minimum atomic E-state index is -0.130. The van der Waals surface area contributed by atoms with Gasteiger partial charge in [0, 0.05) is 38.5 Å². The van der Waals surface area contributed by atoms with Crippen LogP contribution in [-0.2, 0) is 9.59 Å². The Morgan fingerprint density at radius 1 is 1.00 bits per heavy atom.